The monoisotopic (exact) mass is 357 g/mol. The first-order valence-electron chi connectivity index (χ1n) is 9.82. The third-order valence-electron chi connectivity index (χ3n) is 4.66. The zero-order chi connectivity index (χ0) is 18.4. The molecule has 2 atom stereocenters. The van der Waals surface area contributed by atoms with Gasteiger partial charge in [0.25, 0.3) is 0 Å². The molecule has 0 saturated heterocycles. The molecule has 0 bridgehead atoms. The quantitative estimate of drug-likeness (QED) is 0.307. The number of hydrogen-bond donors (Lipinski definition) is 2. The van der Waals surface area contributed by atoms with E-state index in [4.69, 9.17) is 0 Å². The van der Waals surface area contributed by atoms with Crippen LogP contribution in [0.3, 0.4) is 0 Å². The van der Waals surface area contributed by atoms with E-state index >= 15 is 0 Å². The summed E-state index contributed by atoms with van der Waals surface area (Å²) in [7, 11) is 0. The summed E-state index contributed by atoms with van der Waals surface area (Å²) < 4.78 is 0. The predicted octanol–water partition coefficient (Wildman–Crippen LogP) is 4.84. The molecule has 0 fully saturated rings. The van der Waals surface area contributed by atoms with Gasteiger partial charge in [0, 0.05) is 24.1 Å². The van der Waals surface area contributed by atoms with Crippen LogP contribution in [0.4, 0.5) is 0 Å². The van der Waals surface area contributed by atoms with Gasteiger partial charge in [0.05, 0.1) is 6.04 Å². The van der Waals surface area contributed by atoms with E-state index in [1.165, 1.54) is 44.9 Å². The minimum absolute atomic E-state index is 0.0202. The van der Waals surface area contributed by atoms with Gasteiger partial charge in [-0.2, -0.15) is 12.6 Å². The predicted molar refractivity (Wildman–Crippen MR) is 107 cm³/mol. The van der Waals surface area contributed by atoms with Crippen molar-refractivity contribution in [2.24, 2.45) is 11.8 Å². The molecule has 0 aliphatic carbocycles. The number of ketones is 2. The summed E-state index contributed by atoms with van der Waals surface area (Å²) in [6, 6.07) is -0.241. The lowest BCUT2D eigenvalue weighted by molar-refractivity contribution is -0.126. The third kappa shape index (κ3) is 11.2. The van der Waals surface area contributed by atoms with Crippen LogP contribution < -0.4 is 5.32 Å². The molecule has 0 radical (unpaired) electrons. The summed E-state index contributed by atoms with van der Waals surface area (Å²) in [6.07, 6.45) is 11.1. The van der Waals surface area contributed by atoms with Gasteiger partial charge in [-0.05, 0) is 13.3 Å². The SMILES string of the molecule is CCCCCCCCCCC(CN[C@@H](CS)C(C)=O)C(=O)C(C)C. The maximum Gasteiger partial charge on any atom is 0.147 e. The van der Waals surface area contributed by atoms with E-state index in [2.05, 4.69) is 24.9 Å². The Hall–Kier alpha value is -0.350. The average Bonchev–Trinajstić information content (AvgIpc) is 2.54. The second kappa shape index (κ2) is 14.9. The molecule has 0 aliphatic rings. The maximum absolute atomic E-state index is 12.4. The molecule has 1 N–H and O–H groups in total. The van der Waals surface area contributed by atoms with Crippen LogP contribution in [0.15, 0.2) is 0 Å². The van der Waals surface area contributed by atoms with E-state index in [1.54, 1.807) is 6.92 Å². The Morgan fingerprint density at radius 1 is 0.958 bits per heavy atom. The molecule has 0 aromatic heterocycles. The van der Waals surface area contributed by atoms with Crippen LogP contribution in [-0.4, -0.2) is 29.9 Å². The van der Waals surface area contributed by atoms with Crippen LogP contribution in [0.5, 0.6) is 0 Å². The first-order valence-corrected chi connectivity index (χ1v) is 10.5. The minimum atomic E-state index is -0.241. The van der Waals surface area contributed by atoms with Crippen LogP contribution in [-0.2, 0) is 9.59 Å². The number of nitrogens with one attached hydrogen (secondary N) is 1. The highest BCUT2D eigenvalue weighted by molar-refractivity contribution is 7.80. The number of carbonyl (C=O) groups excluding carboxylic acids is 2. The second-order valence-electron chi connectivity index (χ2n) is 7.27. The molecule has 142 valence electrons. The molecule has 4 heteroatoms. The van der Waals surface area contributed by atoms with Crippen molar-refractivity contribution in [3.05, 3.63) is 0 Å². The number of Topliss-reactive ketones (excluding diaryl/α,β-unsaturated/α-hetero) is 2. The van der Waals surface area contributed by atoms with Crippen molar-refractivity contribution in [2.75, 3.05) is 12.3 Å². The lowest BCUT2D eigenvalue weighted by Gasteiger charge is -2.21. The Morgan fingerprint density at radius 3 is 1.96 bits per heavy atom. The highest BCUT2D eigenvalue weighted by atomic mass is 32.1. The summed E-state index contributed by atoms with van der Waals surface area (Å²) in [5, 5.41) is 3.23. The zero-order valence-corrected chi connectivity index (χ0v) is 17.2. The van der Waals surface area contributed by atoms with Gasteiger partial charge in [0.2, 0.25) is 0 Å². The van der Waals surface area contributed by atoms with Crippen molar-refractivity contribution in [1.82, 2.24) is 5.32 Å². The fourth-order valence-electron chi connectivity index (χ4n) is 2.96. The van der Waals surface area contributed by atoms with Crippen molar-refractivity contribution in [2.45, 2.75) is 91.5 Å². The Kier molecular flexibility index (Phi) is 14.7. The molecule has 0 spiro atoms. The van der Waals surface area contributed by atoms with Gasteiger partial charge < -0.3 is 5.32 Å². The molecule has 0 aromatic carbocycles. The highest BCUT2D eigenvalue weighted by Crippen LogP contribution is 2.17. The number of unbranched alkanes of at least 4 members (excludes halogenated alkanes) is 7. The molecule has 0 aromatic rings. The third-order valence-corrected chi connectivity index (χ3v) is 5.03. The van der Waals surface area contributed by atoms with Crippen molar-refractivity contribution in [3.8, 4) is 0 Å². The molecule has 24 heavy (non-hydrogen) atoms. The van der Waals surface area contributed by atoms with Gasteiger partial charge in [0.15, 0.2) is 0 Å². The van der Waals surface area contributed by atoms with Crippen molar-refractivity contribution in [1.29, 1.82) is 0 Å². The summed E-state index contributed by atoms with van der Waals surface area (Å²) in [5.74, 6) is 0.958. The minimum Gasteiger partial charge on any atom is -0.306 e. The summed E-state index contributed by atoms with van der Waals surface area (Å²) in [5.41, 5.74) is 0. The van der Waals surface area contributed by atoms with E-state index in [-0.39, 0.29) is 23.7 Å². The molecular weight excluding hydrogens is 318 g/mol. The van der Waals surface area contributed by atoms with Gasteiger partial charge >= 0.3 is 0 Å². The van der Waals surface area contributed by atoms with Crippen molar-refractivity contribution < 1.29 is 9.59 Å². The Labute approximate surface area is 155 Å². The lowest BCUT2D eigenvalue weighted by Crippen LogP contribution is -2.42. The van der Waals surface area contributed by atoms with E-state index in [0.717, 1.165) is 12.8 Å². The van der Waals surface area contributed by atoms with Crippen molar-refractivity contribution >= 4 is 24.2 Å². The van der Waals surface area contributed by atoms with Gasteiger partial charge in [-0.25, -0.2) is 0 Å². The van der Waals surface area contributed by atoms with E-state index < -0.39 is 0 Å². The fourth-order valence-corrected chi connectivity index (χ4v) is 3.35. The summed E-state index contributed by atoms with van der Waals surface area (Å²) in [4.78, 5) is 23.9. The smallest absolute Gasteiger partial charge is 0.147 e. The molecule has 3 nitrogen and oxygen atoms in total. The van der Waals surface area contributed by atoms with Gasteiger partial charge in [-0.15, -0.1) is 0 Å². The Balaban J connectivity index is 4.14. The van der Waals surface area contributed by atoms with Gasteiger partial charge in [0.1, 0.15) is 11.6 Å². The maximum atomic E-state index is 12.4. The van der Waals surface area contributed by atoms with Gasteiger partial charge in [-0.1, -0.05) is 72.1 Å². The molecule has 1 unspecified atom stereocenters. The molecule has 0 heterocycles. The summed E-state index contributed by atoms with van der Waals surface area (Å²) in [6.45, 7) is 8.34. The zero-order valence-electron chi connectivity index (χ0n) is 16.3. The van der Waals surface area contributed by atoms with Crippen LogP contribution >= 0.6 is 12.6 Å². The molecule has 0 rings (SSSR count). The van der Waals surface area contributed by atoms with Crippen LogP contribution in [0.2, 0.25) is 0 Å². The second-order valence-corrected chi connectivity index (χ2v) is 7.64. The largest absolute Gasteiger partial charge is 0.306 e. The van der Waals surface area contributed by atoms with Crippen LogP contribution in [0, 0.1) is 11.8 Å². The Bertz CT molecular complexity index is 345. The average molecular weight is 358 g/mol. The molecule has 0 amide bonds. The lowest BCUT2D eigenvalue weighted by atomic mass is 9.90. The normalized spacial score (nSPS) is 13.9. The van der Waals surface area contributed by atoms with Crippen molar-refractivity contribution in [3.63, 3.8) is 0 Å². The Morgan fingerprint density at radius 2 is 1.50 bits per heavy atom. The highest BCUT2D eigenvalue weighted by Gasteiger charge is 2.22. The fraction of sp³-hybridized carbons (Fsp3) is 0.900. The van der Waals surface area contributed by atoms with Gasteiger partial charge in [-0.3, -0.25) is 9.59 Å². The van der Waals surface area contributed by atoms with Crippen LogP contribution in [0.25, 0.3) is 0 Å². The number of rotatable bonds is 16. The first kappa shape index (κ1) is 23.6. The standard InChI is InChI=1S/C20H39NO2S/c1-5-6-7-8-9-10-11-12-13-18(20(23)16(2)3)14-21-19(15-24)17(4)22/h16,18-19,21,24H,5-15H2,1-4H3/t18?,19-/m0/s1. The van der Waals surface area contributed by atoms with E-state index in [9.17, 15) is 9.59 Å². The number of hydrogen-bond acceptors (Lipinski definition) is 4. The number of carbonyl (C=O) groups is 2. The summed E-state index contributed by atoms with van der Waals surface area (Å²) >= 11 is 4.21. The number of thiol groups is 1. The van der Waals surface area contributed by atoms with E-state index in [0.29, 0.717) is 18.1 Å². The van der Waals surface area contributed by atoms with Crippen LogP contribution in [0.1, 0.15) is 85.5 Å². The van der Waals surface area contributed by atoms with E-state index in [1.807, 2.05) is 13.8 Å². The molecular formula is C20H39NO2S. The first-order chi connectivity index (χ1) is 11.4. The molecule has 0 aliphatic heterocycles. The molecule has 0 saturated carbocycles. The topological polar surface area (TPSA) is 46.2 Å².